The van der Waals surface area contributed by atoms with Gasteiger partial charge in [-0.25, -0.2) is 8.42 Å². The first-order valence-electron chi connectivity index (χ1n) is 6.50. The van der Waals surface area contributed by atoms with Gasteiger partial charge < -0.3 is 4.74 Å². The molecule has 0 saturated carbocycles. The van der Waals surface area contributed by atoms with Gasteiger partial charge in [0.2, 0.25) is 5.88 Å². The summed E-state index contributed by atoms with van der Waals surface area (Å²) < 4.78 is 33.6. The number of aryl methyl sites for hydroxylation is 1. The second kappa shape index (κ2) is 5.95. The van der Waals surface area contributed by atoms with Crippen LogP contribution in [0.25, 0.3) is 10.1 Å². The predicted molar refractivity (Wildman–Crippen MR) is 91.0 cm³/mol. The lowest BCUT2D eigenvalue weighted by atomic mass is 10.2. The number of hydrogen-bond acceptors (Lipinski definition) is 6. The first kappa shape index (κ1) is 16.0. The smallest absolute Gasteiger partial charge is 0.272 e. The van der Waals surface area contributed by atoms with Gasteiger partial charge in [0.1, 0.15) is 4.21 Å². The van der Waals surface area contributed by atoms with E-state index < -0.39 is 10.0 Å². The molecular formula is C14H12ClN3O3S2. The third-order valence-electron chi connectivity index (χ3n) is 3.19. The van der Waals surface area contributed by atoms with Gasteiger partial charge in [0.15, 0.2) is 5.82 Å². The van der Waals surface area contributed by atoms with Crippen molar-refractivity contribution in [2.45, 2.75) is 11.1 Å². The van der Waals surface area contributed by atoms with Gasteiger partial charge in [0, 0.05) is 15.8 Å². The molecule has 6 nitrogen and oxygen atoms in total. The molecule has 0 spiro atoms. The van der Waals surface area contributed by atoms with Crippen molar-refractivity contribution in [2.24, 2.45) is 0 Å². The Morgan fingerprint density at radius 3 is 2.65 bits per heavy atom. The molecule has 0 radical (unpaired) electrons. The average molecular weight is 370 g/mol. The van der Waals surface area contributed by atoms with Gasteiger partial charge in [-0.3, -0.25) is 4.72 Å². The Morgan fingerprint density at radius 1 is 1.22 bits per heavy atom. The van der Waals surface area contributed by atoms with Crippen molar-refractivity contribution in [1.29, 1.82) is 0 Å². The van der Waals surface area contributed by atoms with Crippen LogP contribution in [0.2, 0.25) is 5.02 Å². The van der Waals surface area contributed by atoms with Crippen molar-refractivity contribution in [3.63, 3.8) is 0 Å². The maximum Gasteiger partial charge on any atom is 0.272 e. The lowest BCUT2D eigenvalue weighted by molar-refractivity contribution is 0.392. The molecule has 0 bridgehead atoms. The summed E-state index contributed by atoms with van der Waals surface area (Å²) in [5, 5.41) is 8.90. The summed E-state index contributed by atoms with van der Waals surface area (Å²) in [6.45, 7) is 1.75. The first-order valence-corrected chi connectivity index (χ1v) is 9.17. The lowest BCUT2D eigenvalue weighted by Gasteiger charge is -2.06. The zero-order valence-electron chi connectivity index (χ0n) is 12.2. The van der Waals surface area contributed by atoms with E-state index in [1.165, 1.54) is 30.6 Å². The number of benzene rings is 1. The monoisotopic (exact) mass is 369 g/mol. The average Bonchev–Trinajstić information content (AvgIpc) is 2.85. The molecule has 0 unspecified atom stereocenters. The van der Waals surface area contributed by atoms with Gasteiger partial charge in [-0.1, -0.05) is 11.6 Å². The van der Waals surface area contributed by atoms with Crippen LogP contribution in [0.3, 0.4) is 0 Å². The summed E-state index contributed by atoms with van der Waals surface area (Å²) >= 11 is 7.17. The highest BCUT2D eigenvalue weighted by molar-refractivity contribution is 7.94. The highest BCUT2D eigenvalue weighted by Gasteiger charge is 2.22. The van der Waals surface area contributed by atoms with E-state index in [-0.39, 0.29) is 10.0 Å². The molecule has 0 aliphatic rings. The van der Waals surface area contributed by atoms with Crippen molar-refractivity contribution in [2.75, 3.05) is 11.8 Å². The van der Waals surface area contributed by atoms with E-state index in [9.17, 15) is 8.42 Å². The quantitative estimate of drug-likeness (QED) is 0.761. The molecule has 1 aromatic carbocycles. The van der Waals surface area contributed by atoms with Crippen LogP contribution in [0.5, 0.6) is 5.88 Å². The second-order valence-corrected chi connectivity index (χ2v) is 8.09. The van der Waals surface area contributed by atoms with Crippen LogP contribution in [-0.2, 0) is 10.0 Å². The minimum atomic E-state index is -3.76. The predicted octanol–water partition coefficient (Wildman–Crippen LogP) is 3.46. The van der Waals surface area contributed by atoms with Gasteiger partial charge in [0.25, 0.3) is 10.0 Å². The Bertz CT molecular complexity index is 969. The molecule has 23 heavy (non-hydrogen) atoms. The summed E-state index contributed by atoms with van der Waals surface area (Å²) in [6, 6.07) is 8.32. The van der Waals surface area contributed by atoms with Crippen molar-refractivity contribution in [1.82, 2.24) is 10.2 Å². The van der Waals surface area contributed by atoms with Crippen molar-refractivity contribution >= 4 is 48.9 Å². The Labute approximate surface area is 142 Å². The molecule has 0 aliphatic heterocycles. The molecule has 1 N–H and O–H groups in total. The highest BCUT2D eigenvalue weighted by Crippen LogP contribution is 2.36. The zero-order valence-corrected chi connectivity index (χ0v) is 14.6. The van der Waals surface area contributed by atoms with Crippen LogP contribution in [0.1, 0.15) is 5.56 Å². The molecule has 0 atom stereocenters. The maximum absolute atomic E-state index is 12.6. The molecule has 0 amide bonds. The van der Waals surface area contributed by atoms with Crippen molar-refractivity contribution < 1.29 is 13.2 Å². The Hall–Kier alpha value is -1.90. The number of rotatable bonds is 4. The number of sulfonamides is 1. The highest BCUT2D eigenvalue weighted by atomic mass is 35.5. The van der Waals surface area contributed by atoms with E-state index in [1.807, 2.05) is 6.07 Å². The Kier molecular flexibility index (Phi) is 4.13. The fourth-order valence-electron chi connectivity index (χ4n) is 2.09. The molecule has 3 rings (SSSR count). The van der Waals surface area contributed by atoms with Crippen molar-refractivity contribution in [3.8, 4) is 5.88 Å². The fraction of sp³-hybridized carbons (Fsp3) is 0.143. The van der Waals surface area contributed by atoms with Crippen LogP contribution >= 0.6 is 22.9 Å². The summed E-state index contributed by atoms with van der Waals surface area (Å²) in [7, 11) is -2.30. The molecule has 2 heterocycles. The molecule has 3 aromatic rings. The molecular weight excluding hydrogens is 358 g/mol. The van der Waals surface area contributed by atoms with Crippen molar-refractivity contribution in [3.05, 3.63) is 40.9 Å². The molecule has 120 valence electrons. The number of nitrogens with zero attached hydrogens (tertiary/aromatic N) is 2. The number of ether oxygens (including phenoxy) is 1. The van der Waals surface area contributed by atoms with Crippen LogP contribution in [0.4, 0.5) is 5.82 Å². The number of thiophene rings is 1. The molecule has 0 saturated heterocycles. The number of aromatic nitrogens is 2. The minimum Gasteiger partial charge on any atom is -0.480 e. The van der Waals surface area contributed by atoms with Gasteiger partial charge in [-0.2, -0.15) is 0 Å². The van der Waals surface area contributed by atoms with Gasteiger partial charge in [-0.05, 0) is 42.1 Å². The summed E-state index contributed by atoms with van der Waals surface area (Å²) in [5.41, 5.74) is 0.654. The fourth-order valence-corrected chi connectivity index (χ4v) is 5.01. The number of anilines is 1. The molecule has 0 aliphatic carbocycles. The summed E-state index contributed by atoms with van der Waals surface area (Å²) in [4.78, 5) is 0. The van der Waals surface area contributed by atoms with E-state index >= 15 is 0 Å². The molecule has 0 fully saturated rings. The maximum atomic E-state index is 12.6. The Balaban J connectivity index is 2.00. The SMILES string of the molecule is COc1ccc(NS(=O)(=O)c2sc3ccc(Cl)cc3c2C)nn1. The van der Waals surface area contributed by atoms with E-state index in [4.69, 9.17) is 16.3 Å². The van der Waals surface area contributed by atoms with Gasteiger partial charge in [0.05, 0.1) is 7.11 Å². The Morgan fingerprint density at radius 2 is 2.00 bits per heavy atom. The van der Waals surface area contributed by atoms with Gasteiger partial charge >= 0.3 is 0 Å². The standard InChI is InChI=1S/C14H12ClN3O3S2/c1-8-10-7-9(15)3-4-11(10)22-14(8)23(19,20)18-12-5-6-13(21-2)17-16-12/h3-7H,1-2H3,(H,16,18). The van der Waals surface area contributed by atoms with E-state index in [0.717, 1.165) is 10.1 Å². The lowest BCUT2D eigenvalue weighted by Crippen LogP contribution is -2.14. The topological polar surface area (TPSA) is 81.2 Å². The normalized spacial score (nSPS) is 11.6. The minimum absolute atomic E-state index is 0.126. The van der Waals surface area contributed by atoms with Crippen LogP contribution in [0.15, 0.2) is 34.5 Å². The largest absolute Gasteiger partial charge is 0.480 e. The third kappa shape index (κ3) is 3.10. The van der Waals surface area contributed by atoms with Crippen LogP contribution in [-0.4, -0.2) is 25.7 Å². The van der Waals surface area contributed by atoms with Gasteiger partial charge in [-0.15, -0.1) is 21.5 Å². The van der Waals surface area contributed by atoms with E-state index in [0.29, 0.717) is 16.5 Å². The first-order chi connectivity index (χ1) is 10.9. The third-order valence-corrected chi connectivity index (χ3v) is 6.67. The van der Waals surface area contributed by atoms with E-state index in [1.54, 1.807) is 19.1 Å². The zero-order chi connectivity index (χ0) is 16.6. The van der Waals surface area contributed by atoms with Crippen LogP contribution in [0, 0.1) is 6.92 Å². The molecule has 2 aromatic heterocycles. The number of halogens is 1. The van der Waals surface area contributed by atoms with Crippen LogP contribution < -0.4 is 9.46 Å². The number of nitrogens with one attached hydrogen (secondary N) is 1. The number of methoxy groups -OCH3 is 1. The number of fused-ring (bicyclic) bond motifs is 1. The second-order valence-electron chi connectivity index (χ2n) is 4.72. The summed E-state index contributed by atoms with van der Waals surface area (Å²) in [5.74, 6) is 0.432. The molecule has 9 heteroatoms. The van der Waals surface area contributed by atoms with E-state index in [2.05, 4.69) is 14.9 Å². The number of hydrogen-bond donors (Lipinski definition) is 1. The summed E-state index contributed by atoms with van der Waals surface area (Å²) in [6.07, 6.45) is 0.